The van der Waals surface area contributed by atoms with Crippen LogP contribution in [0.4, 0.5) is 0 Å². The quantitative estimate of drug-likeness (QED) is 0.169. The van der Waals surface area contributed by atoms with Crippen LogP contribution in [0.15, 0.2) is 35.6 Å². The Hall–Kier alpha value is -2.32. The fourth-order valence-electron chi connectivity index (χ4n) is 2.56. The summed E-state index contributed by atoms with van der Waals surface area (Å²) in [6.07, 6.45) is 1.82. The Morgan fingerprint density at radius 1 is 1.33 bits per heavy atom. The van der Waals surface area contributed by atoms with Gasteiger partial charge in [-0.3, -0.25) is 4.79 Å². The first-order valence-electron chi connectivity index (χ1n) is 9.03. The number of hydrogen-bond acceptors (Lipinski definition) is 4. The van der Waals surface area contributed by atoms with Crippen LogP contribution in [0, 0.1) is 0 Å². The molecule has 0 spiro atoms. The number of hydrogen-bond donors (Lipinski definition) is 3. The van der Waals surface area contributed by atoms with Gasteiger partial charge in [0.2, 0.25) is 5.91 Å². The minimum atomic E-state index is -1.80. The predicted octanol–water partition coefficient (Wildman–Crippen LogP) is 2.87. The lowest BCUT2D eigenvalue weighted by atomic mass is 10.1. The van der Waals surface area contributed by atoms with Crippen molar-refractivity contribution in [3.05, 3.63) is 36.0 Å². The van der Waals surface area contributed by atoms with Gasteiger partial charge in [0.1, 0.15) is 6.54 Å². The highest BCUT2D eigenvalue weighted by atomic mass is 28.4. The third kappa shape index (κ3) is 4.89. The third-order valence-electron chi connectivity index (χ3n) is 5.20. The number of nitrogens with two attached hydrogens (primary N) is 1. The summed E-state index contributed by atoms with van der Waals surface area (Å²) < 4.78 is 7.91. The van der Waals surface area contributed by atoms with Crippen molar-refractivity contribution in [2.24, 2.45) is 10.9 Å². The lowest BCUT2D eigenvalue weighted by Crippen LogP contribution is -2.43. The summed E-state index contributed by atoms with van der Waals surface area (Å²) in [7, 11) is -1.80. The van der Waals surface area contributed by atoms with E-state index in [1.165, 1.54) is 0 Å². The van der Waals surface area contributed by atoms with E-state index in [1.54, 1.807) is 6.07 Å². The van der Waals surface area contributed by atoms with Gasteiger partial charge in [-0.2, -0.15) is 0 Å². The average molecular weight is 391 g/mol. The molecule has 4 N–H and O–H groups in total. The van der Waals surface area contributed by atoms with Crippen LogP contribution in [0.3, 0.4) is 0 Å². The van der Waals surface area contributed by atoms with E-state index in [0.717, 1.165) is 10.9 Å². The van der Waals surface area contributed by atoms with Crippen molar-refractivity contribution in [3.8, 4) is 0 Å². The Kier molecular flexibility index (Phi) is 6.33. The van der Waals surface area contributed by atoms with Gasteiger partial charge in [0, 0.05) is 29.2 Å². The van der Waals surface area contributed by atoms with Crippen LogP contribution in [0.25, 0.3) is 10.9 Å². The van der Waals surface area contributed by atoms with Crippen LogP contribution in [0.1, 0.15) is 26.3 Å². The van der Waals surface area contributed by atoms with Gasteiger partial charge in [-0.25, -0.2) is 0 Å². The molecule has 2 rings (SSSR count). The molecular weight excluding hydrogens is 360 g/mol. The monoisotopic (exact) mass is 390 g/mol. The minimum Gasteiger partial charge on any atom is -0.415 e. The number of rotatable bonds is 7. The van der Waals surface area contributed by atoms with Gasteiger partial charge in [-0.15, -0.1) is 0 Å². The van der Waals surface area contributed by atoms with Gasteiger partial charge in [-0.1, -0.05) is 38.1 Å². The summed E-state index contributed by atoms with van der Waals surface area (Å²) in [6, 6.07) is 7.35. The summed E-state index contributed by atoms with van der Waals surface area (Å²) in [5.41, 5.74) is 7.21. The maximum Gasteiger partial charge on any atom is 0.240 e. The number of nitrogens with one attached hydrogen (secondary N) is 1. The van der Waals surface area contributed by atoms with E-state index in [4.69, 9.17) is 15.4 Å². The Bertz CT molecular complexity index is 837. The number of aromatic nitrogens is 1. The van der Waals surface area contributed by atoms with Crippen LogP contribution in [0.2, 0.25) is 18.1 Å². The molecule has 0 radical (unpaired) electrons. The molecule has 8 heteroatoms. The first kappa shape index (κ1) is 21.0. The molecule has 148 valence electrons. The van der Waals surface area contributed by atoms with Gasteiger partial charge in [0.25, 0.3) is 0 Å². The molecule has 0 aliphatic carbocycles. The molecule has 0 bridgehead atoms. The van der Waals surface area contributed by atoms with Crippen molar-refractivity contribution in [1.82, 2.24) is 9.88 Å². The molecule has 2 aromatic rings. The molecule has 0 saturated carbocycles. The van der Waals surface area contributed by atoms with Gasteiger partial charge in [0.15, 0.2) is 14.2 Å². The fraction of sp³-hybridized carbons (Fsp3) is 0.474. The highest BCUT2D eigenvalue weighted by molar-refractivity contribution is 6.74. The van der Waals surface area contributed by atoms with Crippen molar-refractivity contribution in [3.63, 3.8) is 0 Å². The number of oxime groups is 1. The molecule has 0 aliphatic heterocycles. The van der Waals surface area contributed by atoms with Gasteiger partial charge < -0.3 is 25.3 Å². The summed E-state index contributed by atoms with van der Waals surface area (Å²) >= 11 is 0. The average Bonchev–Trinajstić information content (AvgIpc) is 3.00. The Labute approximate surface area is 161 Å². The van der Waals surface area contributed by atoms with Crippen LogP contribution in [-0.2, 0) is 15.8 Å². The Morgan fingerprint density at radius 3 is 2.67 bits per heavy atom. The molecule has 0 atom stereocenters. The number of carbonyl (C=O) groups is 1. The second kappa shape index (κ2) is 8.14. The SMILES string of the molecule is CC(C)(C)[Si](C)(C)OCCNC(=O)Cn1ccc2c(/C(N)=N/O)cccc21. The van der Waals surface area contributed by atoms with E-state index in [0.29, 0.717) is 18.7 Å². The zero-order valence-corrected chi connectivity index (χ0v) is 17.7. The molecule has 0 saturated heterocycles. The first-order chi connectivity index (χ1) is 12.6. The molecule has 0 aliphatic rings. The van der Waals surface area contributed by atoms with Crippen molar-refractivity contribution in [2.75, 3.05) is 13.2 Å². The second-order valence-electron chi connectivity index (χ2n) is 8.13. The highest BCUT2D eigenvalue weighted by Crippen LogP contribution is 2.36. The lowest BCUT2D eigenvalue weighted by molar-refractivity contribution is -0.121. The molecule has 1 aromatic heterocycles. The van der Waals surface area contributed by atoms with E-state index in [9.17, 15) is 4.79 Å². The predicted molar refractivity (Wildman–Crippen MR) is 111 cm³/mol. The zero-order chi connectivity index (χ0) is 20.2. The zero-order valence-electron chi connectivity index (χ0n) is 16.7. The fourth-order valence-corrected chi connectivity index (χ4v) is 3.61. The standard InChI is InChI=1S/C19H30N4O3Si/c1-19(2,3)27(4,5)26-12-10-21-17(24)13-23-11-9-14-15(18(20)22-25)7-6-8-16(14)23/h6-9,11,25H,10,12-13H2,1-5H3,(H2,20,22)(H,21,24). The molecule has 1 heterocycles. The van der Waals surface area contributed by atoms with Crippen molar-refractivity contribution >= 4 is 31.0 Å². The molecule has 0 fully saturated rings. The number of benzene rings is 1. The number of amides is 1. The van der Waals surface area contributed by atoms with E-state index >= 15 is 0 Å². The molecule has 27 heavy (non-hydrogen) atoms. The maximum absolute atomic E-state index is 12.3. The van der Waals surface area contributed by atoms with E-state index in [1.807, 2.05) is 29.0 Å². The van der Waals surface area contributed by atoms with Gasteiger partial charge in [0.05, 0.1) is 6.61 Å². The van der Waals surface area contributed by atoms with Crippen LogP contribution in [-0.4, -0.2) is 43.0 Å². The summed E-state index contributed by atoms with van der Waals surface area (Å²) in [6.45, 7) is 12.2. The van der Waals surface area contributed by atoms with Crippen LogP contribution in [0.5, 0.6) is 0 Å². The lowest BCUT2D eigenvalue weighted by Gasteiger charge is -2.36. The van der Waals surface area contributed by atoms with Crippen molar-refractivity contribution < 1.29 is 14.4 Å². The number of amidine groups is 1. The van der Waals surface area contributed by atoms with Crippen LogP contribution >= 0.6 is 0 Å². The van der Waals surface area contributed by atoms with Crippen LogP contribution < -0.4 is 11.1 Å². The Balaban J connectivity index is 1.95. The normalized spacial score (nSPS) is 13.1. The number of fused-ring (bicyclic) bond motifs is 1. The largest absolute Gasteiger partial charge is 0.415 e. The molecular formula is C19H30N4O3Si. The number of carbonyl (C=O) groups excluding carboxylic acids is 1. The van der Waals surface area contributed by atoms with Crippen molar-refractivity contribution in [2.45, 2.75) is 45.4 Å². The van der Waals surface area contributed by atoms with Crippen molar-refractivity contribution in [1.29, 1.82) is 0 Å². The minimum absolute atomic E-state index is 0.0468. The second-order valence-corrected chi connectivity index (χ2v) is 12.9. The summed E-state index contributed by atoms with van der Waals surface area (Å²) in [5.74, 6) is -0.0360. The first-order valence-corrected chi connectivity index (χ1v) is 11.9. The van der Waals surface area contributed by atoms with Gasteiger partial charge in [-0.05, 0) is 30.3 Å². The van der Waals surface area contributed by atoms with E-state index < -0.39 is 8.32 Å². The molecule has 0 unspecified atom stereocenters. The molecule has 1 amide bonds. The molecule has 1 aromatic carbocycles. The highest BCUT2D eigenvalue weighted by Gasteiger charge is 2.36. The number of nitrogens with zero attached hydrogens (tertiary/aromatic N) is 2. The van der Waals surface area contributed by atoms with E-state index in [2.05, 4.69) is 44.3 Å². The maximum atomic E-state index is 12.3. The summed E-state index contributed by atoms with van der Waals surface area (Å²) in [5, 5.41) is 15.9. The van der Waals surface area contributed by atoms with E-state index in [-0.39, 0.29) is 23.3 Å². The summed E-state index contributed by atoms with van der Waals surface area (Å²) in [4.78, 5) is 12.3. The third-order valence-corrected chi connectivity index (χ3v) is 9.74. The topological polar surface area (TPSA) is 102 Å². The Morgan fingerprint density at radius 2 is 2.04 bits per heavy atom. The smallest absolute Gasteiger partial charge is 0.240 e. The van der Waals surface area contributed by atoms with Gasteiger partial charge >= 0.3 is 0 Å². The molecule has 7 nitrogen and oxygen atoms in total.